The fourth-order valence-corrected chi connectivity index (χ4v) is 4.50. The van der Waals surface area contributed by atoms with E-state index in [2.05, 4.69) is 35.7 Å². The van der Waals surface area contributed by atoms with Crippen LogP contribution in [-0.2, 0) is 4.79 Å². The van der Waals surface area contributed by atoms with Crippen LogP contribution in [-0.4, -0.2) is 67.5 Å². The summed E-state index contributed by atoms with van der Waals surface area (Å²) in [5, 5.41) is 11.2. The van der Waals surface area contributed by atoms with E-state index < -0.39 is 0 Å². The Morgan fingerprint density at radius 1 is 1.16 bits per heavy atom. The smallest absolute Gasteiger partial charge is 0.243 e. The first-order chi connectivity index (χ1) is 15.4. The van der Waals surface area contributed by atoms with Gasteiger partial charge in [-0.3, -0.25) is 9.78 Å². The van der Waals surface area contributed by atoms with Crippen LogP contribution in [0, 0.1) is 5.41 Å². The van der Waals surface area contributed by atoms with Crippen LogP contribution in [0.2, 0.25) is 0 Å². The van der Waals surface area contributed by atoms with Gasteiger partial charge in [-0.2, -0.15) is 4.98 Å². The first kappa shape index (κ1) is 20.1. The molecule has 0 bridgehead atoms. The van der Waals surface area contributed by atoms with Gasteiger partial charge in [-0.25, -0.2) is 14.5 Å². The number of nitrogens with zero attached hydrogens (tertiary/aromatic N) is 7. The Hall–Kier alpha value is -3.82. The van der Waals surface area contributed by atoms with Crippen LogP contribution in [0.4, 0.5) is 11.8 Å². The maximum absolute atomic E-state index is 12.4. The zero-order valence-corrected chi connectivity index (χ0v) is 18.5. The molecule has 0 atom stereocenters. The molecule has 1 saturated carbocycles. The van der Waals surface area contributed by atoms with Crippen LogP contribution < -0.4 is 10.6 Å². The molecule has 0 radical (unpaired) electrons. The molecule has 1 aliphatic carbocycles. The maximum atomic E-state index is 12.4. The molecule has 4 aromatic rings. The van der Waals surface area contributed by atoms with Crippen molar-refractivity contribution < 1.29 is 4.79 Å². The van der Waals surface area contributed by atoms with Gasteiger partial charge in [0, 0.05) is 51.3 Å². The molecule has 1 amide bonds. The van der Waals surface area contributed by atoms with E-state index in [1.165, 1.54) is 0 Å². The van der Waals surface area contributed by atoms with E-state index in [9.17, 15) is 4.79 Å². The molecule has 1 fully saturated rings. The Kier molecular flexibility index (Phi) is 4.65. The summed E-state index contributed by atoms with van der Waals surface area (Å²) >= 11 is 0. The molecule has 0 unspecified atom stereocenters. The maximum Gasteiger partial charge on any atom is 0.243 e. The minimum atomic E-state index is -0.331. The number of carbonyl (C=O) groups excluding carboxylic acids is 1. The summed E-state index contributed by atoms with van der Waals surface area (Å²) in [5.74, 6) is 1.37. The van der Waals surface area contributed by atoms with Crippen molar-refractivity contribution in [1.29, 1.82) is 0 Å². The van der Waals surface area contributed by atoms with Crippen LogP contribution in [0.15, 0.2) is 36.8 Å². The molecular formula is C22H25N9O. The molecular weight excluding hydrogens is 406 g/mol. The van der Waals surface area contributed by atoms with Gasteiger partial charge >= 0.3 is 0 Å². The number of pyridine rings is 1. The van der Waals surface area contributed by atoms with Gasteiger partial charge in [-0.15, -0.1) is 5.10 Å². The van der Waals surface area contributed by atoms with Crippen molar-refractivity contribution in [2.75, 3.05) is 31.8 Å². The minimum absolute atomic E-state index is 0.154. The number of hydrogen-bond donors (Lipinski definition) is 2. The fraction of sp³-hybridized carbons (Fsp3) is 0.364. The van der Waals surface area contributed by atoms with Crippen LogP contribution in [0.5, 0.6) is 0 Å². The number of hydrogen-bond acceptors (Lipinski definition) is 8. The van der Waals surface area contributed by atoms with Gasteiger partial charge in [-0.1, -0.05) is 6.92 Å². The lowest BCUT2D eigenvalue weighted by molar-refractivity contribution is -0.143. The average Bonchev–Trinajstić information content (AvgIpc) is 3.20. The Labute approximate surface area is 185 Å². The van der Waals surface area contributed by atoms with Crippen molar-refractivity contribution in [3.05, 3.63) is 36.8 Å². The fourth-order valence-electron chi connectivity index (χ4n) is 4.50. The lowest BCUT2D eigenvalue weighted by Crippen LogP contribution is -2.52. The zero-order chi connectivity index (χ0) is 22.5. The van der Waals surface area contributed by atoms with Crippen molar-refractivity contribution in [2.24, 2.45) is 5.41 Å². The van der Waals surface area contributed by atoms with E-state index in [-0.39, 0.29) is 17.4 Å². The molecule has 164 valence electrons. The highest BCUT2D eigenvalue weighted by atomic mass is 16.2. The highest BCUT2D eigenvalue weighted by Gasteiger charge is 2.47. The summed E-state index contributed by atoms with van der Waals surface area (Å²) in [6, 6.07) is 5.96. The minimum Gasteiger partial charge on any atom is -0.371 e. The number of aromatic nitrogens is 6. The number of rotatable bonds is 5. The van der Waals surface area contributed by atoms with Crippen LogP contribution >= 0.6 is 0 Å². The van der Waals surface area contributed by atoms with E-state index in [1.54, 1.807) is 35.9 Å². The second-order valence-corrected chi connectivity index (χ2v) is 8.66. The molecule has 10 nitrogen and oxygen atoms in total. The number of fused-ring (bicyclic) bond motifs is 2. The highest BCUT2D eigenvalue weighted by Crippen LogP contribution is 2.43. The monoisotopic (exact) mass is 431 g/mol. The third kappa shape index (κ3) is 3.28. The van der Waals surface area contributed by atoms with Gasteiger partial charge < -0.3 is 15.5 Å². The molecule has 2 N–H and O–H groups in total. The molecule has 0 spiro atoms. The molecule has 0 saturated heterocycles. The van der Waals surface area contributed by atoms with Crippen molar-refractivity contribution in [1.82, 2.24) is 34.4 Å². The molecule has 1 aliphatic rings. The predicted molar refractivity (Wildman–Crippen MR) is 122 cm³/mol. The second kappa shape index (κ2) is 7.40. The molecule has 4 heterocycles. The summed E-state index contributed by atoms with van der Waals surface area (Å²) < 4.78 is 1.79. The van der Waals surface area contributed by atoms with E-state index in [1.807, 2.05) is 38.4 Å². The summed E-state index contributed by atoms with van der Waals surface area (Å²) in [4.78, 5) is 32.0. The van der Waals surface area contributed by atoms with Crippen molar-refractivity contribution >= 4 is 34.4 Å². The molecule has 10 heteroatoms. The van der Waals surface area contributed by atoms with Gasteiger partial charge in [0.25, 0.3) is 0 Å². The normalized spacial score (nSPS) is 20.2. The van der Waals surface area contributed by atoms with E-state index in [4.69, 9.17) is 0 Å². The predicted octanol–water partition coefficient (Wildman–Crippen LogP) is 2.45. The molecule has 32 heavy (non-hydrogen) atoms. The second-order valence-electron chi connectivity index (χ2n) is 8.66. The molecule has 0 aliphatic heterocycles. The van der Waals surface area contributed by atoms with E-state index >= 15 is 0 Å². The lowest BCUT2D eigenvalue weighted by Gasteiger charge is -2.45. The quantitative estimate of drug-likeness (QED) is 0.495. The van der Waals surface area contributed by atoms with Gasteiger partial charge in [-0.05, 0) is 31.0 Å². The summed E-state index contributed by atoms with van der Waals surface area (Å²) in [6.07, 6.45) is 6.68. The average molecular weight is 432 g/mol. The van der Waals surface area contributed by atoms with E-state index in [0.717, 1.165) is 35.1 Å². The third-order valence-corrected chi connectivity index (χ3v) is 6.01. The van der Waals surface area contributed by atoms with Crippen LogP contribution in [0.3, 0.4) is 0 Å². The Morgan fingerprint density at radius 3 is 2.69 bits per heavy atom. The summed E-state index contributed by atoms with van der Waals surface area (Å²) in [7, 11) is 5.43. The first-order valence-electron chi connectivity index (χ1n) is 10.5. The Bertz CT molecular complexity index is 1320. The van der Waals surface area contributed by atoms with Gasteiger partial charge in [0.1, 0.15) is 11.0 Å². The van der Waals surface area contributed by atoms with Crippen molar-refractivity contribution in [3.63, 3.8) is 0 Å². The van der Waals surface area contributed by atoms with Crippen LogP contribution in [0.25, 0.3) is 27.9 Å². The number of nitrogens with one attached hydrogen (secondary N) is 2. The highest BCUT2D eigenvalue weighted by molar-refractivity contribution is 5.89. The Balaban J connectivity index is 1.44. The zero-order valence-electron chi connectivity index (χ0n) is 18.5. The molecule has 0 aromatic carbocycles. The number of carbonyl (C=O) groups is 1. The van der Waals surface area contributed by atoms with Gasteiger partial charge in [0.05, 0.1) is 11.1 Å². The SMILES string of the molecule is CNc1nc(NC2CC(C)(C(=O)N(C)C)C2)nn2ccc(-c3ccc4nccnc4n3)c12. The molecule has 4 aromatic heterocycles. The Morgan fingerprint density at radius 2 is 1.94 bits per heavy atom. The van der Waals surface area contributed by atoms with Crippen molar-refractivity contribution in [2.45, 2.75) is 25.8 Å². The topological polar surface area (TPSA) is 113 Å². The van der Waals surface area contributed by atoms with Gasteiger partial charge in [0.15, 0.2) is 11.5 Å². The molecule has 5 rings (SSSR count). The summed E-state index contributed by atoms with van der Waals surface area (Å²) in [5.41, 5.74) is 3.52. The number of anilines is 2. The third-order valence-electron chi connectivity index (χ3n) is 6.01. The summed E-state index contributed by atoms with van der Waals surface area (Å²) in [6.45, 7) is 2.01. The van der Waals surface area contributed by atoms with E-state index in [0.29, 0.717) is 17.4 Å². The van der Waals surface area contributed by atoms with Crippen molar-refractivity contribution in [3.8, 4) is 11.3 Å². The first-order valence-corrected chi connectivity index (χ1v) is 10.5. The standard InChI is InChI=1S/C22H25N9O/c1-22(20(32)30(3)4)11-13(12-22)26-21-28-19(23-2)17-14(7-10-31(17)29-21)15-5-6-16-18(27-15)25-9-8-24-16/h5-10,13H,11-12H2,1-4H3,(H2,23,26,28,29). The number of amides is 1. The largest absolute Gasteiger partial charge is 0.371 e. The lowest BCUT2D eigenvalue weighted by atomic mass is 9.66. The van der Waals surface area contributed by atoms with Crippen LogP contribution in [0.1, 0.15) is 19.8 Å². The van der Waals surface area contributed by atoms with Gasteiger partial charge in [0.2, 0.25) is 11.9 Å².